The summed E-state index contributed by atoms with van der Waals surface area (Å²) in [5.41, 5.74) is 7.25. The van der Waals surface area contributed by atoms with Gasteiger partial charge in [-0.1, -0.05) is 24.3 Å². The molecule has 0 bridgehead atoms. The molecule has 0 amide bonds. The van der Waals surface area contributed by atoms with Crippen LogP contribution in [0.2, 0.25) is 0 Å². The molecular weight excluding hydrogens is 286 g/mol. The fourth-order valence-electron chi connectivity index (χ4n) is 1.93. The van der Waals surface area contributed by atoms with Crippen molar-refractivity contribution in [3.8, 4) is 0 Å². The van der Waals surface area contributed by atoms with Crippen LogP contribution in [-0.4, -0.2) is 35.5 Å². The molecule has 0 aliphatic heterocycles. The molecule has 0 saturated carbocycles. The molecule has 1 rings (SSSR count). The van der Waals surface area contributed by atoms with Gasteiger partial charge in [-0.2, -0.15) is 0 Å². The minimum absolute atomic E-state index is 0.157. The molecule has 1 atom stereocenters. The Kier molecular flexibility index (Phi) is 7.25. The third kappa shape index (κ3) is 6.49. The highest BCUT2D eigenvalue weighted by atomic mass is 16.5. The van der Waals surface area contributed by atoms with Crippen molar-refractivity contribution in [2.24, 2.45) is 5.73 Å². The Bertz CT molecular complexity index is 524. The van der Waals surface area contributed by atoms with Crippen LogP contribution in [-0.2, 0) is 32.0 Å². The fourth-order valence-corrected chi connectivity index (χ4v) is 1.93. The van der Waals surface area contributed by atoms with E-state index in [9.17, 15) is 14.4 Å². The van der Waals surface area contributed by atoms with E-state index in [1.165, 1.54) is 0 Å². The lowest BCUT2D eigenvalue weighted by molar-refractivity contribution is -0.145. The summed E-state index contributed by atoms with van der Waals surface area (Å²) in [5, 5.41) is 8.75. The summed E-state index contributed by atoms with van der Waals surface area (Å²) < 4.78 is 4.72. The molecule has 0 fully saturated rings. The van der Waals surface area contributed by atoms with E-state index in [0.29, 0.717) is 6.42 Å². The first-order valence-corrected chi connectivity index (χ1v) is 7.16. The number of ketones is 1. The summed E-state index contributed by atoms with van der Waals surface area (Å²) in [5.74, 6) is -1.69. The average molecular weight is 307 g/mol. The molecule has 0 aromatic heterocycles. The molecule has 1 aromatic rings. The summed E-state index contributed by atoms with van der Waals surface area (Å²) in [7, 11) is 0. The number of hydrogen-bond acceptors (Lipinski definition) is 5. The van der Waals surface area contributed by atoms with Gasteiger partial charge in [-0.25, -0.2) is 0 Å². The van der Waals surface area contributed by atoms with Crippen LogP contribution in [0.25, 0.3) is 0 Å². The van der Waals surface area contributed by atoms with Crippen LogP contribution in [0.15, 0.2) is 24.3 Å². The Morgan fingerprint density at radius 2 is 1.77 bits per heavy atom. The fraction of sp³-hybridized carbons (Fsp3) is 0.438. The Balaban J connectivity index is 2.43. The molecule has 0 heterocycles. The molecule has 0 radical (unpaired) electrons. The van der Waals surface area contributed by atoms with Crippen molar-refractivity contribution >= 4 is 17.7 Å². The van der Waals surface area contributed by atoms with E-state index in [2.05, 4.69) is 0 Å². The molecule has 120 valence electrons. The van der Waals surface area contributed by atoms with Gasteiger partial charge in [0.05, 0.1) is 6.61 Å². The minimum Gasteiger partial charge on any atom is -0.480 e. The van der Waals surface area contributed by atoms with E-state index < -0.39 is 18.0 Å². The highest BCUT2D eigenvalue weighted by molar-refractivity contribution is 5.95. The maximum absolute atomic E-state index is 11.6. The van der Waals surface area contributed by atoms with Gasteiger partial charge in [0.25, 0.3) is 0 Å². The number of aliphatic carboxylic acids is 1. The molecule has 1 aromatic carbocycles. The largest absolute Gasteiger partial charge is 0.480 e. The summed E-state index contributed by atoms with van der Waals surface area (Å²) >= 11 is 0. The Morgan fingerprint density at radius 1 is 1.18 bits per heavy atom. The smallest absolute Gasteiger partial charge is 0.320 e. The zero-order valence-electron chi connectivity index (χ0n) is 12.6. The lowest BCUT2D eigenvalue weighted by Crippen LogP contribution is -2.32. The number of carboxylic acid groups (broad SMARTS) is 1. The third-order valence-electron chi connectivity index (χ3n) is 3.14. The number of Topliss-reactive ketones (excluding diaryl/α,β-unsaturated/α-hetero) is 1. The van der Waals surface area contributed by atoms with Crippen LogP contribution < -0.4 is 5.73 Å². The second-order valence-corrected chi connectivity index (χ2v) is 4.99. The highest BCUT2D eigenvalue weighted by Crippen LogP contribution is 2.09. The third-order valence-corrected chi connectivity index (χ3v) is 3.14. The minimum atomic E-state index is -1.03. The number of ether oxygens (including phenoxy) is 1. The van der Waals surface area contributed by atoms with Gasteiger partial charge in [0, 0.05) is 6.42 Å². The topological polar surface area (TPSA) is 107 Å². The van der Waals surface area contributed by atoms with Crippen LogP contribution >= 0.6 is 0 Å². The standard InChI is InChI=1S/C16H21NO5/c1-2-22-15(19)10-13(18)8-7-11-3-5-12(6-4-11)9-14(17)16(20)21/h3-6,14H,2,7-10,17H2,1H3,(H,20,21). The zero-order valence-corrected chi connectivity index (χ0v) is 12.6. The number of carboxylic acids is 1. The van der Waals surface area contributed by atoms with Gasteiger partial charge >= 0.3 is 11.9 Å². The van der Waals surface area contributed by atoms with Crippen molar-refractivity contribution in [3.05, 3.63) is 35.4 Å². The predicted molar refractivity (Wildman–Crippen MR) is 80.3 cm³/mol. The lowest BCUT2D eigenvalue weighted by Gasteiger charge is -2.07. The first-order valence-electron chi connectivity index (χ1n) is 7.16. The average Bonchev–Trinajstić information content (AvgIpc) is 2.46. The molecule has 6 nitrogen and oxygen atoms in total. The van der Waals surface area contributed by atoms with Crippen LogP contribution in [0.4, 0.5) is 0 Å². The Morgan fingerprint density at radius 3 is 2.32 bits per heavy atom. The molecule has 0 saturated heterocycles. The summed E-state index contributed by atoms with van der Waals surface area (Å²) in [6, 6.07) is 6.35. The molecular formula is C16H21NO5. The number of benzene rings is 1. The van der Waals surface area contributed by atoms with Crippen molar-refractivity contribution in [1.29, 1.82) is 0 Å². The quantitative estimate of drug-likeness (QED) is 0.522. The first kappa shape index (κ1) is 17.8. The van der Waals surface area contributed by atoms with E-state index in [0.717, 1.165) is 11.1 Å². The first-order chi connectivity index (χ1) is 10.4. The van der Waals surface area contributed by atoms with Gasteiger partial charge in [-0.3, -0.25) is 14.4 Å². The van der Waals surface area contributed by atoms with Gasteiger partial charge in [0.2, 0.25) is 0 Å². The second kappa shape index (κ2) is 8.94. The van der Waals surface area contributed by atoms with E-state index in [1.807, 2.05) is 12.1 Å². The molecule has 0 aliphatic rings. The normalized spacial score (nSPS) is 11.7. The lowest BCUT2D eigenvalue weighted by atomic mass is 10.0. The summed E-state index contributed by atoms with van der Waals surface area (Å²) in [6.45, 7) is 1.96. The molecule has 0 aliphatic carbocycles. The van der Waals surface area contributed by atoms with Crippen molar-refractivity contribution in [2.75, 3.05) is 6.61 Å². The monoisotopic (exact) mass is 307 g/mol. The van der Waals surface area contributed by atoms with E-state index in [-0.39, 0.29) is 31.7 Å². The molecule has 0 spiro atoms. The summed E-state index contributed by atoms with van der Waals surface area (Å²) in [4.78, 5) is 33.5. The molecule has 1 unspecified atom stereocenters. The van der Waals surface area contributed by atoms with Gasteiger partial charge in [-0.15, -0.1) is 0 Å². The summed E-state index contributed by atoms with van der Waals surface area (Å²) in [6.07, 6.45) is 0.868. The zero-order chi connectivity index (χ0) is 16.5. The van der Waals surface area contributed by atoms with Crippen LogP contribution in [0.3, 0.4) is 0 Å². The number of carbonyl (C=O) groups excluding carboxylic acids is 2. The highest BCUT2D eigenvalue weighted by Gasteiger charge is 2.12. The predicted octanol–water partition coefficient (Wildman–Crippen LogP) is 1.10. The van der Waals surface area contributed by atoms with Gasteiger partial charge in [0.15, 0.2) is 0 Å². The Hall–Kier alpha value is -2.21. The van der Waals surface area contributed by atoms with Crippen molar-refractivity contribution < 1.29 is 24.2 Å². The van der Waals surface area contributed by atoms with Crippen molar-refractivity contribution in [2.45, 2.75) is 38.6 Å². The van der Waals surface area contributed by atoms with E-state index in [1.54, 1.807) is 19.1 Å². The van der Waals surface area contributed by atoms with Crippen molar-refractivity contribution in [1.82, 2.24) is 0 Å². The molecule has 3 N–H and O–H groups in total. The molecule has 22 heavy (non-hydrogen) atoms. The second-order valence-electron chi connectivity index (χ2n) is 4.99. The number of rotatable bonds is 9. The van der Waals surface area contributed by atoms with Gasteiger partial charge in [-0.05, 0) is 30.9 Å². The van der Waals surface area contributed by atoms with Crippen LogP contribution in [0.5, 0.6) is 0 Å². The van der Waals surface area contributed by atoms with Gasteiger partial charge in [0.1, 0.15) is 18.2 Å². The van der Waals surface area contributed by atoms with Crippen LogP contribution in [0, 0.1) is 0 Å². The van der Waals surface area contributed by atoms with E-state index in [4.69, 9.17) is 15.6 Å². The maximum Gasteiger partial charge on any atom is 0.320 e. The number of aryl methyl sites for hydroxylation is 1. The number of esters is 1. The number of hydrogen-bond donors (Lipinski definition) is 2. The van der Waals surface area contributed by atoms with Gasteiger partial charge < -0.3 is 15.6 Å². The Labute approximate surface area is 129 Å². The number of nitrogens with two attached hydrogens (primary N) is 1. The number of carbonyl (C=O) groups is 3. The maximum atomic E-state index is 11.6. The van der Waals surface area contributed by atoms with Crippen molar-refractivity contribution in [3.63, 3.8) is 0 Å². The van der Waals surface area contributed by atoms with E-state index >= 15 is 0 Å². The molecule has 6 heteroatoms. The SMILES string of the molecule is CCOC(=O)CC(=O)CCc1ccc(CC(N)C(=O)O)cc1. The van der Waals surface area contributed by atoms with Crippen LogP contribution in [0.1, 0.15) is 30.9 Å².